The molecule has 8 nitrogen and oxygen atoms in total. The molecule has 0 amide bonds. The minimum Gasteiger partial charge on any atom is -0.464 e. The summed E-state index contributed by atoms with van der Waals surface area (Å²) in [6.45, 7) is 2.77. The van der Waals surface area contributed by atoms with Gasteiger partial charge in [0, 0.05) is 22.6 Å². The quantitative estimate of drug-likeness (QED) is 0.0805. The van der Waals surface area contributed by atoms with E-state index in [4.69, 9.17) is 40.8 Å². The number of hydrogen-bond donors (Lipinski definition) is 0. The number of carbonyl (C=O) groups excluding carboxylic acids is 2. The molecule has 1 heterocycles. The van der Waals surface area contributed by atoms with Crippen LogP contribution >= 0.6 is 11.6 Å². The summed E-state index contributed by atoms with van der Waals surface area (Å²) in [5.41, 5.74) is 4.90. The second-order valence-corrected chi connectivity index (χ2v) is 12.5. The molecule has 1 aliphatic heterocycles. The summed E-state index contributed by atoms with van der Waals surface area (Å²) in [6, 6.07) is 39.1. The van der Waals surface area contributed by atoms with Crippen LogP contribution in [0.5, 0.6) is 0 Å². The van der Waals surface area contributed by atoms with E-state index in [0.29, 0.717) is 41.6 Å². The first kappa shape index (κ1) is 37.2. The molecule has 1 aliphatic rings. The van der Waals surface area contributed by atoms with Gasteiger partial charge in [-0.05, 0) is 47.7 Å². The Hall–Kier alpha value is -5.07. The average molecular weight is 705 g/mol. The van der Waals surface area contributed by atoms with Crippen LogP contribution in [0, 0.1) is 17.2 Å². The van der Waals surface area contributed by atoms with Gasteiger partial charge in [0.15, 0.2) is 0 Å². The Labute approximate surface area is 304 Å². The van der Waals surface area contributed by atoms with Crippen LogP contribution in [-0.4, -0.2) is 50.7 Å². The number of rotatable bonds is 17. The Morgan fingerprint density at radius 1 is 0.784 bits per heavy atom. The summed E-state index contributed by atoms with van der Waals surface area (Å²) in [5, 5.41) is 9.49. The number of halogens is 1. The summed E-state index contributed by atoms with van der Waals surface area (Å²) < 4.78 is 23.4. The van der Waals surface area contributed by atoms with Gasteiger partial charge in [-0.15, -0.1) is 0 Å². The van der Waals surface area contributed by atoms with Crippen LogP contribution in [0.4, 0.5) is 0 Å². The van der Waals surface area contributed by atoms with Crippen LogP contribution in [0.3, 0.4) is 0 Å². The molecule has 0 aromatic heterocycles. The summed E-state index contributed by atoms with van der Waals surface area (Å²) in [4.78, 5) is 32.7. The molecular weight excluding hydrogens is 664 g/mol. The second kappa shape index (κ2) is 19.4. The number of benzene rings is 4. The van der Waals surface area contributed by atoms with Gasteiger partial charge in [-0.1, -0.05) is 115 Å². The van der Waals surface area contributed by atoms with Gasteiger partial charge in [0.1, 0.15) is 12.5 Å². The van der Waals surface area contributed by atoms with Crippen molar-refractivity contribution in [3.63, 3.8) is 0 Å². The predicted octanol–water partition coefficient (Wildman–Crippen LogP) is 8.22. The van der Waals surface area contributed by atoms with Crippen molar-refractivity contribution in [2.45, 2.75) is 38.2 Å². The minimum absolute atomic E-state index is 0.00826. The monoisotopic (exact) mass is 704 g/mol. The molecular formula is C42H41ClN2O6. The van der Waals surface area contributed by atoms with E-state index in [0.717, 1.165) is 16.7 Å². The van der Waals surface area contributed by atoms with Crippen molar-refractivity contribution in [3.8, 4) is 6.07 Å². The van der Waals surface area contributed by atoms with Gasteiger partial charge in [-0.3, -0.25) is 9.79 Å². The van der Waals surface area contributed by atoms with E-state index in [1.54, 1.807) is 25.1 Å². The van der Waals surface area contributed by atoms with Gasteiger partial charge in [0.25, 0.3) is 0 Å². The van der Waals surface area contributed by atoms with E-state index in [1.165, 1.54) is 0 Å². The first-order valence-electron chi connectivity index (χ1n) is 17.0. The number of esters is 2. The third-order valence-corrected chi connectivity index (χ3v) is 8.86. The number of hydrogen-bond acceptors (Lipinski definition) is 8. The van der Waals surface area contributed by atoms with E-state index >= 15 is 0 Å². The molecule has 0 N–H and O–H groups in total. The van der Waals surface area contributed by atoms with Crippen molar-refractivity contribution in [3.05, 3.63) is 154 Å². The molecule has 9 heteroatoms. The number of nitrogens with zero attached hydrogens (tertiary/aromatic N) is 2. The maximum absolute atomic E-state index is 14.3. The second-order valence-electron chi connectivity index (χ2n) is 12.1. The molecule has 4 aromatic rings. The van der Waals surface area contributed by atoms with Gasteiger partial charge in [-0.25, -0.2) is 4.79 Å². The molecule has 0 radical (unpaired) electrons. The molecule has 0 saturated carbocycles. The largest absolute Gasteiger partial charge is 0.464 e. The molecule has 0 spiro atoms. The summed E-state index contributed by atoms with van der Waals surface area (Å²) in [6.07, 6.45) is 0.567. The van der Waals surface area contributed by atoms with E-state index in [2.05, 4.69) is 24.3 Å². The molecule has 51 heavy (non-hydrogen) atoms. The Bertz CT molecular complexity index is 1800. The molecule has 0 bridgehead atoms. The fourth-order valence-corrected chi connectivity index (χ4v) is 6.43. The zero-order valence-corrected chi connectivity index (χ0v) is 29.3. The highest BCUT2D eigenvalue weighted by Crippen LogP contribution is 2.41. The lowest BCUT2D eigenvalue weighted by Crippen LogP contribution is -2.37. The first-order valence-corrected chi connectivity index (χ1v) is 17.4. The number of carbonyl (C=O) groups is 2. The van der Waals surface area contributed by atoms with Crippen LogP contribution in [0.25, 0.3) is 0 Å². The van der Waals surface area contributed by atoms with Gasteiger partial charge >= 0.3 is 11.9 Å². The lowest BCUT2D eigenvalue weighted by Gasteiger charge is -2.32. The third kappa shape index (κ3) is 10.5. The summed E-state index contributed by atoms with van der Waals surface area (Å²) >= 11 is 6.45. The van der Waals surface area contributed by atoms with Crippen molar-refractivity contribution in [1.82, 2.24) is 0 Å². The van der Waals surface area contributed by atoms with Crippen LogP contribution < -0.4 is 0 Å². The maximum atomic E-state index is 14.3. The minimum atomic E-state index is -0.955. The van der Waals surface area contributed by atoms with Gasteiger partial charge in [0.2, 0.25) is 0 Å². The van der Waals surface area contributed by atoms with Crippen LogP contribution in [0.1, 0.15) is 53.9 Å². The highest BCUT2D eigenvalue weighted by molar-refractivity contribution is 6.30. The van der Waals surface area contributed by atoms with E-state index < -0.39 is 23.8 Å². The Balaban J connectivity index is 1.41. The molecule has 0 aliphatic carbocycles. The number of nitriles is 1. The zero-order chi connectivity index (χ0) is 35.8. The first-order chi connectivity index (χ1) is 25.0. The standard InChI is InChI=1S/C42H41ClN2O6/c1-30-38(41(46)50-23-12-22-44)39(34-19-11-20-35(43)27-34)40(37(45-30)29-49-26-25-48-28-31-13-5-2-6-14-31)42(47)51-24-21-36(32-15-7-3-8-16-32)33-17-9-4-10-18-33/h2-11,13-20,27,36,38-39H,12,21,23-26,28-29H2,1H3. The predicted molar refractivity (Wildman–Crippen MR) is 196 cm³/mol. The highest BCUT2D eigenvalue weighted by Gasteiger charge is 2.43. The zero-order valence-electron chi connectivity index (χ0n) is 28.6. The van der Waals surface area contributed by atoms with E-state index in [9.17, 15) is 9.59 Å². The smallest absolute Gasteiger partial charge is 0.336 e. The Kier molecular flexibility index (Phi) is 14.1. The van der Waals surface area contributed by atoms with Crippen molar-refractivity contribution < 1.29 is 28.5 Å². The third-order valence-electron chi connectivity index (χ3n) is 8.62. The summed E-state index contributed by atoms with van der Waals surface area (Å²) in [7, 11) is 0. The Morgan fingerprint density at radius 2 is 1.41 bits per heavy atom. The van der Waals surface area contributed by atoms with Gasteiger partial charge in [-0.2, -0.15) is 5.26 Å². The van der Waals surface area contributed by atoms with Crippen molar-refractivity contribution in [2.75, 3.05) is 33.0 Å². The van der Waals surface area contributed by atoms with Crippen molar-refractivity contribution in [1.29, 1.82) is 5.26 Å². The molecule has 0 saturated heterocycles. The topological polar surface area (TPSA) is 107 Å². The van der Waals surface area contributed by atoms with Gasteiger partial charge < -0.3 is 18.9 Å². The highest BCUT2D eigenvalue weighted by atomic mass is 35.5. The van der Waals surface area contributed by atoms with E-state index in [1.807, 2.05) is 78.9 Å². The number of aliphatic imine (C=N–C) groups is 1. The lowest BCUT2D eigenvalue weighted by atomic mass is 9.75. The fourth-order valence-electron chi connectivity index (χ4n) is 6.23. The van der Waals surface area contributed by atoms with E-state index in [-0.39, 0.29) is 44.3 Å². The van der Waals surface area contributed by atoms with Crippen molar-refractivity contribution in [2.24, 2.45) is 10.9 Å². The molecule has 262 valence electrons. The maximum Gasteiger partial charge on any atom is 0.336 e. The molecule has 5 rings (SSSR count). The molecule has 2 atom stereocenters. The summed E-state index contributed by atoms with van der Waals surface area (Å²) in [5.74, 6) is -2.99. The normalized spacial score (nSPS) is 15.6. The molecule has 4 aromatic carbocycles. The van der Waals surface area contributed by atoms with Gasteiger partial charge in [0.05, 0.1) is 56.8 Å². The SMILES string of the molecule is CC1=NC(COCCOCc2ccccc2)=C(C(=O)OCCC(c2ccccc2)c2ccccc2)C(c2cccc(Cl)c2)C1C(=O)OCCC#N. The van der Waals surface area contributed by atoms with Crippen LogP contribution in [-0.2, 0) is 35.1 Å². The van der Waals surface area contributed by atoms with Crippen molar-refractivity contribution >= 4 is 29.3 Å². The lowest BCUT2D eigenvalue weighted by molar-refractivity contribution is -0.146. The molecule has 0 fully saturated rings. The molecule has 2 unspecified atom stereocenters. The fraction of sp³-hybridized carbons (Fsp3) is 0.286. The van der Waals surface area contributed by atoms with Crippen LogP contribution in [0.15, 0.2) is 132 Å². The number of ether oxygens (including phenoxy) is 4. The van der Waals surface area contributed by atoms with Crippen LogP contribution in [0.2, 0.25) is 5.02 Å². The Morgan fingerprint density at radius 3 is 2.04 bits per heavy atom. The average Bonchev–Trinajstić information content (AvgIpc) is 3.15.